The quantitative estimate of drug-likeness (QED) is 0.845. The Balaban J connectivity index is 1.67. The molecule has 1 aliphatic carbocycles. The van der Waals surface area contributed by atoms with Crippen molar-refractivity contribution in [2.75, 3.05) is 23.9 Å². The van der Waals surface area contributed by atoms with Crippen LogP contribution in [-0.4, -0.2) is 50.4 Å². The van der Waals surface area contributed by atoms with Gasteiger partial charge in [-0.05, 0) is 19.8 Å². The SMILES string of the molecule is COC1CS(=O)(=O)CC1NC(=O)Nc1c(C)noc1C1CC1. The highest BCUT2D eigenvalue weighted by molar-refractivity contribution is 7.91. The van der Waals surface area contributed by atoms with Gasteiger partial charge in [0.2, 0.25) is 0 Å². The molecule has 22 heavy (non-hydrogen) atoms. The molecule has 1 saturated carbocycles. The Morgan fingerprint density at radius 2 is 2.09 bits per heavy atom. The van der Waals surface area contributed by atoms with Crippen LogP contribution in [0.5, 0.6) is 0 Å². The Morgan fingerprint density at radius 1 is 1.36 bits per heavy atom. The van der Waals surface area contributed by atoms with E-state index in [0.29, 0.717) is 23.1 Å². The van der Waals surface area contributed by atoms with Crippen molar-refractivity contribution >= 4 is 21.6 Å². The van der Waals surface area contributed by atoms with Gasteiger partial charge in [-0.25, -0.2) is 13.2 Å². The number of urea groups is 1. The first-order chi connectivity index (χ1) is 10.4. The second-order valence-electron chi connectivity index (χ2n) is 5.84. The van der Waals surface area contributed by atoms with Crippen molar-refractivity contribution in [1.82, 2.24) is 10.5 Å². The molecule has 2 fully saturated rings. The van der Waals surface area contributed by atoms with E-state index in [-0.39, 0.29) is 11.5 Å². The summed E-state index contributed by atoms with van der Waals surface area (Å²) in [6.07, 6.45) is 1.52. The topological polar surface area (TPSA) is 111 Å². The first kappa shape index (κ1) is 15.3. The number of carbonyl (C=O) groups is 1. The minimum absolute atomic E-state index is 0.0753. The van der Waals surface area contributed by atoms with E-state index in [9.17, 15) is 13.2 Å². The third-order valence-electron chi connectivity index (χ3n) is 4.00. The normalized spacial score (nSPS) is 26.8. The summed E-state index contributed by atoms with van der Waals surface area (Å²) in [5.74, 6) is 0.815. The molecular formula is C13H19N3O5S. The lowest BCUT2D eigenvalue weighted by atomic mass is 10.2. The molecule has 1 aromatic heterocycles. The molecule has 2 N–H and O–H groups in total. The number of nitrogens with one attached hydrogen (secondary N) is 2. The van der Waals surface area contributed by atoms with E-state index >= 15 is 0 Å². The maximum absolute atomic E-state index is 12.1. The van der Waals surface area contributed by atoms with E-state index in [2.05, 4.69) is 15.8 Å². The zero-order valence-electron chi connectivity index (χ0n) is 12.5. The molecule has 0 bridgehead atoms. The smallest absolute Gasteiger partial charge is 0.319 e. The molecule has 0 radical (unpaired) electrons. The molecule has 1 saturated heterocycles. The number of hydrogen-bond donors (Lipinski definition) is 2. The molecule has 2 unspecified atom stereocenters. The Hall–Kier alpha value is -1.61. The highest BCUT2D eigenvalue weighted by Crippen LogP contribution is 2.44. The maximum atomic E-state index is 12.1. The number of hydrogen-bond acceptors (Lipinski definition) is 6. The van der Waals surface area contributed by atoms with Gasteiger partial charge < -0.3 is 19.9 Å². The van der Waals surface area contributed by atoms with Gasteiger partial charge in [0.15, 0.2) is 15.6 Å². The van der Waals surface area contributed by atoms with Gasteiger partial charge in [0.1, 0.15) is 11.4 Å². The third-order valence-corrected chi connectivity index (χ3v) is 5.70. The van der Waals surface area contributed by atoms with E-state index in [1.54, 1.807) is 6.92 Å². The average Bonchev–Trinajstić information content (AvgIpc) is 3.15. The fourth-order valence-electron chi connectivity index (χ4n) is 2.66. The number of methoxy groups -OCH3 is 1. The van der Waals surface area contributed by atoms with E-state index < -0.39 is 28.0 Å². The number of ether oxygens (including phenoxy) is 1. The predicted molar refractivity (Wildman–Crippen MR) is 78.6 cm³/mol. The second-order valence-corrected chi connectivity index (χ2v) is 7.99. The van der Waals surface area contributed by atoms with Gasteiger partial charge in [0.25, 0.3) is 0 Å². The van der Waals surface area contributed by atoms with Crippen molar-refractivity contribution in [2.45, 2.75) is 37.8 Å². The summed E-state index contributed by atoms with van der Waals surface area (Å²) in [5.41, 5.74) is 1.19. The number of rotatable bonds is 4. The zero-order chi connectivity index (χ0) is 15.9. The van der Waals surface area contributed by atoms with Gasteiger partial charge in [-0.15, -0.1) is 0 Å². The van der Waals surface area contributed by atoms with E-state index in [4.69, 9.17) is 9.26 Å². The Labute approximate surface area is 128 Å². The van der Waals surface area contributed by atoms with Crippen LogP contribution < -0.4 is 10.6 Å². The number of nitrogens with zero attached hydrogens (tertiary/aromatic N) is 1. The molecule has 2 aliphatic rings. The molecule has 1 aliphatic heterocycles. The Kier molecular flexibility index (Phi) is 3.85. The summed E-state index contributed by atoms with van der Waals surface area (Å²) >= 11 is 0. The third kappa shape index (κ3) is 3.09. The number of carbonyl (C=O) groups excluding carboxylic acids is 1. The number of anilines is 1. The standard InChI is InChI=1S/C13H19N3O5S/c1-7-11(12(21-16-7)8-3-4-8)15-13(17)14-9-5-22(18,19)6-10(9)20-2/h8-10H,3-6H2,1-2H3,(H2,14,15,17). The van der Waals surface area contributed by atoms with Crippen LogP contribution in [0.2, 0.25) is 0 Å². The minimum atomic E-state index is -3.18. The van der Waals surface area contributed by atoms with Gasteiger partial charge in [-0.3, -0.25) is 0 Å². The van der Waals surface area contributed by atoms with E-state index in [0.717, 1.165) is 12.8 Å². The van der Waals surface area contributed by atoms with Crippen LogP contribution in [0.15, 0.2) is 4.52 Å². The van der Waals surface area contributed by atoms with Crippen LogP contribution in [0.1, 0.15) is 30.2 Å². The average molecular weight is 329 g/mol. The van der Waals surface area contributed by atoms with Crippen LogP contribution >= 0.6 is 0 Å². The van der Waals surface area contributed by atoms with Crippen molar-refractivity contribution in [3.63, 3.8) is 0 Å². The Bertz CT molecular complexity index is 680. The monoisotopic (exact) mass is 329 g/mol. The van der Waals surface area contributed by atoms with Crippen LogP contribution in [0.4, 0.5) is 10.5 Å². The van der Waals surface area contributed by atoms with Gasteiger partial charge >= 0.3 is 6.03 Å². The van der Waals surface area contributed by atoms with Gasteiger partial charge in [-0.1, -0.05) is 5.16 Å². The van der Waals surface area contributed by atoms with Crippen LogP contribution in [0, 0.1) is 6.92 Å². The summed E-state index contributed by atoms with van der Waals surface area (Å²) < 4.78 is 33.7. The van der Waals surface area contributed by atoms with Gasteiger partial charge in [-0.2, -0.15) is 0 Å². The molecule has 1 aromatic rings. The molecule has 2 heterocycles. The lowest BCUT2D eigenvalue weighted by molar-refractivity contribution is 0.102. The van der Waals surface area contributed by atoms with Crippen molar-refractivity contribution in [3.8, 4) is 0 Å². The molecule has 2 amide bonds. The van der Waals surface area contributed by atoms with E-state index in [1.165, 1.54) is 7.11 Å². The van der Waals surface area contributed by atoms with Crippen LogP contribution in [0.3, 0.4) is 0 Å². The molecule has 3 rings (SSSR count). The summed E-state index contributed by atoms with van der Waals surface area (Å²) in [5, 5.41) is 9.27. The Morgan fingerprint density at radius 3 is 2.73 bits per heavy atom. The second kappa shape index (κ2) is 5.54. The fourth-order valence-corrected chi connectivity index (χ4v) is 4.51. The summed E-state index contributed by atoms with van der Waals surface area (Å²) in [4.78, 5) is 12.1. The molecule has 9 heteroatoms. The van der Waals surface area contributed by atoms with Crippen molar-refractivity contribution in [2.24, 2.45) is 0 Å². The molecule has 0 aromatic carbocycles. The number of amides is 2. The van der Waals surface area contributed by atoms with E-state index in [1.807, 2.05) is 0 Å². The highest BCUT2D eigenvalue weighted by atomic mass is 32.2. The maximum Gasteiger partial charge on any atom is 0.319 e. The highest BCUT2D eigenvalue weighted by Gasteiger charge is 2.39. The molecular weight excluding hydrogens is 310 g/mol. The zero-order valence-corrected chi connectivity index (χ0v) is 13.3. The predicted octanol–water partition coefficient (Wildman–Crippen LogP) is 0.794. The number of aryl methyl sites for hydroxylation is 1. The summed E-state index contributed by atoms with van der Waals surface area (Å²) in [7, 11) is -1.74. The minimum Gasteiger partial charge on any atom is -0.378 e. The fraction of sp³-hybridized carbons (Fsp3) is 0.692. The number of sulfone groups is 1. The molecule has 2 atom stereocenters. The van der Waals surface area contributed by atoms with Crippen molar-refractivity contribution < 1.29 is 22.5 Å². The molecule has 0 spiro atoms. The lowest BCUT2D eigenvalue weighted by Crippen LogP contribution is -2.45. The largest absolute Gasteiger partial charge is 0.378 e. The summed E-state index contributed by atoms with van der Waals surface area (Å²) in [6, 6.07) is -1.03. The first-order valence-electron chi connectivity index (χ1n) is 7.16. The van der Waals surface area contributed by atoms with Crippen LogP contribution in [-0.2, 0) is 14.6 Å². The van der Waals surface area contributed by atoms with Gasteiger partial charge in [0, 0.05) is 13.0 Å². The molecule has 8 nitrogen and oxygen atoms in total. The first-order valence-corrected chi connectivity index (χ1v) is 8.98. The van der Waals surface area contributed by atoms with Gasteiger partial charge in [0.05, 0.1) is 23.7 Å². The number of aromatic nitrogens is 1. The summed E-state index contributed by atoms with van der Waals surface area (Å²) in [6.45, 7) is 1.75. The van der Waals surface area contributed by atoms with Crippen LogP contribution in [0.25, 0.3) is 0 Å². The molecule has 122 valence electrons. The van der Waals surface area contributed by atoms with Crippen molar-refractivity contribution in [1.29, 1.82) is 0 Å². The lowest BCUT2D eigenvalue weighted by Gasteiger charge is -2.18. The van der Waals surface area contributed by atoms with Crippen molar-refractivity contribution in [3.05, 3.63) is 11.5 Å².